The van der Waals surface area contributed by atoms with Crippen LogP contribution in [0.25, 0.3) is 0 Å². The van der Waals surface area contributed by atoms with Crippen LogP contribution in [0.15, 0.2) is 18.2 Å². The van der Waals surface area contributed by atoms with Gasteiger partial charge in [-0.15, -0.1) is 0 Å². The second-order valence-corrected chi connectivity index (χ2v) is 5.37. The van der Waals surface area contributed by atoms with E-state index in [4.69, 9.17) is 4.74 Å². The maximum Gasteiger partial charge on any atom is 0.122 e. The highest BCUT2D eigenvalue weighted by molar-refractivity contribution is 5.37. The number of nitrogens with one attached hydrogen (secondary N) is 1. The van der Waals surface area contributed by atoms with Crippen molar-refractivity contribution in [2.24, 2.45) is 5.92 Å². The Balaban J connectivity index is 2.10. The summed E-state index contributed by atoms with van der Waals surface area (Å²) in [7, 11) is 1.77. The van der Waals surface area contributed by atoms with Crippen molar-refractivity contribution < 1.29 is 4.74 Å². The number of benzene rings is 1. The van der Waals surface area contributed by atoms with E-state index >= 15 is 0 Å². The van der Waals surface area contributed by atoms with Crippen molar-refractivity contribution in [2.45, 2.75) is 45.6 Å². The van der Waals surface area contributed by atoms with Crippen LogP contribution >= 0.6 is 0 Å². The molecule has 1 saturated carbocycles. The average Bonchev–Trinajstić information content (AvgIpc) is 2.78. The second-order valence-electron chi connectivity index (χ2n) is 5.37. The SMILES string of the molecule is CCNC1CCCC1Cc1cc(C)ccc1OC. The Bertz CT molecular complexity index is 389. The monoisotopic (exact) mass is 247 g/mol. The highest BCUT2D eigenvalue weighted by atomic mass is 16.5. The first-order chi connectivity index (χ1) is 8.74. The molecule has 0 amide bonds. The van der Waals surface area contributed by atoms with Crippen molar-refractivity contribution in [3.8, 4) is 5.75 Å². The first-order valence-corrected chi connectivity index (χ1v) is 7.11. The largest absolute Gasteiger partial charge is 0.496 e. The molecule has 18 heavy (non-hydrogen) atoms. The first kappa shape index (κ1) is 13.4. The molecule has 0 aliphatic heterocycles. The van der Waals surface area contributed by atoms with Crippen molar-refractivity contribution in [3.05, 3.63) is 29.3 Å². The molecule has 2 atom stereocenters. The van der Waals surface area contributed by atoms with Gasteiger partial charge in [-0.3, -0.25) is 0 Å². The fourth-order valence-corrected chi connectivity index (χ4v) is 3.16. The molecule has 1 aromatic carbocycles. The number of rotatable bonds is 5. The van der Waals surface area contributed by atoms with Crippen LogP contribution in [0.3, 0.4) is 0 Å². The fourth-order valence-electron chi connectivity index (χ4n) is 3.16. The summed E-state index contributed by atoms with van der Waals surface area (Å²) in [5.74, 6) is 1.81. The molecule has 0 heterocycles. The molecule has 1 fully saturated rings. The molecule has 1 N–H and O–H groups in total. The Labute approximate surface area is 111 Å². The Morgan fingerprint density at radius 1 is 1.33 bits per heavy atom. The zero-order valence-corrected chi connectivity index (χ0v) is 11.8. The van der Waals surface area contributed by atoms with E-state index in [9.17, 15) is 0 Å². The van der Waals surface area contributed by atoms with Gasteiger partial charge in [0.2, 0.25) is 0 Å². The van der Waals surface area contributed by atoms with Gasteiger partial charge in [-0.05, 0) is 50.3 Å². The summed E-state index contributed by atoms with van der Waals surface area (Å²) in [6, 6.07) is 7.20. The van der Waals surface area contributed by atoms with Gasteiger partial charge in [0.25, 0.3) is 0 Å². The highest BCUT2D eigenvalue weighted by Crippen LogP contribution is 2.32. The van der Waals surface area contributed by atoms with Gasteiger partial charge in [-0.25, -0.2) is 0 Å². The van der Waals surface area contributed by atoms with E-state index in [0.29, 0.717) is 6.04 Å². The van der Waals surface area contributed by atoms with Crippen molar-refractivity contribution in [2.75, 3.05) is 13.7 Å². The molecule has 100 valence electrons. The fraction of sp³-hybridized carbons (Fsp3) is 0.625. The summed E-state index contributed by atoms with van der Waals surface area (Å²) in [4.78, 5) is 0. The molecule has 1 aliphatic rings. The van der Waals surface area contributed by atoms with Crippen LogP contribution in [-0.4, -0.2) is 19.7 Å². The second kappa shape index (κ2) is 6.24. The molecule has 1 aliphatic carbocycles. The molecule has 2 heteroatoms. The van der Waals surface area contributed by atoms with E-state index in [1.54, 1.807) is 7.11 Å². The van der Waals surface area contributed by atoms with E-state index in [-0.39, 0.29) is 0 Å². The molecular weight excluding hydrogens is 222 g/mol. The molecule has 0 bridgehead atoms. The van der Waals surface area contributed by atoms with Gasteiger partial charge in [0.05, 0.1) is 7.11 Å². The summed E-state index contributed by atoms with van der Waals surface area (Å²) in [5.41, 5.74) is 2.69. The summed E-state index contributed by atoms with van der Waals surface area (Å²) < 4.78 is 5.49. The van der Waals surface area contributed by atoms with E-state index in [0.717, 1.165) is 24.6 Å². The summed E-state index contributed by atoms with van der Waals surface area (Å²) in [5, 5.41) is 3.63. The minimum absolute atomic E-state index is 0.695. The van der Waals surface area contributed by atoms with Gasteiger partial charge < -0.3 is 10.1 Å². The Hall–Kier alpha value is -1.02. The number of hydrogen-bond donors (Lipinski definition) is 1. The summed E-state index contributed by atoms with van der Waals surface area (Å²) in [6.45, 7) is 5.42. The Morgan fingerprint density at radius 3 is 2.89 bits per heavy atom. The van der Waals surface area contributed by atoms with E-state index in [1.807, 2.05) is 0 Å². The third kappa shape index (κ3) is 3.05. The zero-order chi connectivity index (χ0) is 13.0. The molecule has 0 spiro atoms. The van der Waals surface area contributed by atoms with Crippen molar-refractivity contribution in [1.29, 1.82) is 0 Å². The normalized spacial score (nSPS) is 23.3. The zero-order valence-electron chi connectivity index (χ0n) is 11.8. The number of aryl methyl sites for hydroxylation is 1. The molecule has 0 saturated heterocycles. The highest BCUT2D eigenvalue weighted by Gasteiger charge is 2.27. The minimum atomic E-state index is 0.695. The van der Waals surface area contributed by atoms with Crippen LogP contribution in [0.5, 0.6) is 5.75 Å². The topological polar surface area (TPSA) is 21.3 Å². The lowest BCUT2D eigenvalue weighted by molar-refractivity contribution is 0.383. The molecule has 2 unspecified atom stereocenters. The lowest BCUT2D eigenvalue weighted by atomic mass is 9.93. The van der Waals surface area contributed by atoms with Gasteiger partial charge in [-0.1, -0.05) is 31.0 Å². The quantitative estimate of drug-likeness (QED) is 0.862. The average molecular weight is 247 g/mol. The Kier molecular flexibility index (Phi) is 4.65. The third-order valence-corrected chi connectivity index (χ3v) is 4.04. The first-order valence-electron chi connectivity index (χ1n) is 7.11. The lowest BCUT2D eigenvalue weighted by Gasteiger charge is -2.21. The van der Waals surface area contributed by atoms with Crippen LogP contribution in [-0.2, 0) is 6.42 Å². The smallest absolute Gasteiger partial charge is 0.122 e. The third-order valence-electron chi connectivity index (χ3n) is 4.04. The maximum atomic E-state index is 5.49. The van der Waals surface area contributed by atoms with E-state index < -0.39 is 0 Å². The van der Waals surface area contributed by atoms with E-state index in [2.05, 4.69) is 37.4 Å². The van der Waals surface area contributed by atoms with Gasteiger partial charge >= 0.3 is 0 Å². The van der Waals surface area contributed by atoms with E-state index in [1.165, 1.54) is 30.4 Å². The molecule has 2 nitrogen and oxygen atoms in total. The van der Waals surface area contributed by atoms with Crippen molar-refractivity contribution >= 4 is 0 Å². The minimum Gasteiger partial charge on any atom is -0.496 e. The van der Waals surface area contributed by atoms with Crippen LogP contribution in [0.2, 0.25) is 0 Å². The Morgan fingerprint density at radius 2 is 2.17 bits per heavy atom. The van der Waals surface area contributed by atoms with Crippen molar-refractivity contribution in [1.82, 2.24) is 5.32 Å². The van der Waals surface area contributed by atoms with Gasteiger partial charge in [0.15, 0.2) is 0 Å². The number of hydrogen-bond acceptors (Lipinski definition) is 2. The van der Waals surface area contributed by atoms with Gasteiger partial charge in [0.1, 0.15) is 5.75 Å². The number of methoxy groups -OCH3 is 1. The van der Waals surface area contributed by atoms with Crippen LogP contribution in [0.4, 0.5) is 0 Å². The van der Waals surface area contributed by atoms with Crippen molar-refractivity contribution in [3.63, 3.8) is 0 Å². The van der Waals surface area contributed by atoms with Gasteiger partial charge in [-0.2, -0.15) is 0 Å². The summed E-state index contributed by atoms with van der Waals surface area (Å²) in [6.07, 6.45) is 5.17. The number of ether oxygens (including phenoxy) is 1. The van der Waals surface area contributed by atoms with Crippen LogP contribution in [0.1, 0.15) is 37.3 Å². The molecule has 0 radical (unpaired) electrons. The lowest BCUT2D eigenvalue weighted by Crippen LogP contribution is -2.33. The maximum absolute atomic E-state index is 5.49. The molecular formula is C16H25NO. The predicted octanol–water partition coefficient (Wildman–Crippen LogP) is 3.32. The van der Waals surface area contributed by atoms with Crippen LogP contribution < -0.4 is 10.1 Å². The molecule has 0 aromatic heterocycles. The molecule has 1 aromatic rings. The van der Waals surface area contributed by atoms with Gasteiger partial charge in [0, 0.05) is 6.04 Å². The predicted molar refractivity (Wildman–Crippen MR) is 76.2 cm³/mol. The molecule has 2 rings (SSSR count). The van der Waals surface area contributed by atoms with Crippen LogP contribution in [0, 0.1) is 12.8 Å². The standard InChI is InChI=1S/C16H25NO/c1-4-17-15-7-5-6-13(15)11-14-10-12(2)8-9-16(14)18-3/h8-10,13,15,17H,4-7,11H2,1-3H3. The summed E-state index contributed by atoms with van der Waals surface area (Å²) >= 11 is 0.